The Balaban J connectivity index is 0.00000144. The number of hydrogen-bond acceptors (Lipinski definition) is 4. The number of rotatable bonds is 3. The highest BCUT2D eigenvalue weighted by molar-refractivity contribution is 5.98. The summed E-state index contributed by atoms with van der Waals surface area (Å²) in [5.74, 6) is -0.790. The lowest BCUT2D eigenvalue weighted by Crippen LogP contribution is -2.54. The van der Waals surface area contributed by atoms with Crippen LogP contribution in [0.2, 0.25) is 0 Å². The minimum absolute atomic E-state index is 0. The van der Waals surface area contributed by atoms with Crippen LogP contribution in [-0.4, -0.2) is 34.4 Å². The van der Waals surface area contributed by atoms with Crippen LogP contribution >= 0.6 is 24.8 Å². The first kappa shape index (κ1) is 20.4. The van der Waals surface area contributed by atoms with Crippen molar-refractivity contribution in [1.82, 2.24) is 9.78 Å². The highest BCUT2D eigenvalue weighted by atomic mass is 35.5. The fourth-order valence-electron chi connectivity index (χ4n) is 2.40. The number of nitrogens with one attached hydrogen (secondary N) is 1. The van der Waals surface area contributed by atoms with E-state index in [4.69, 9.17) is 10.5 Å². The molecule has 6 nitrogen and oxygen atoms in total. The van der Waals surface area contributed by atoms with Gasteiger partial charge in [-0.05, 0) is 37.1 Å². The van der Waals surface area contributed by atoms with Gasteiger partial charge in [-0.3, -0.25) is 4.79 Å². The third kappa shape index (κ3) is 4.24. The second-order valence-electron chi connectivity index (χ2n) is 5.34. The van der Waals surface area contributed by atoms with Gasteiger partial charge in [0, 0.05) is 31.3 Å². The largest absolute Gasteiger partial charge is 0.381 e. The number of nitrogens with two attached hydrogens (primary N) is 1. The number of carbonyl (C=O) groups is 1. The number of benzene rings is 1. The molecule has 3 N–H and O–H groups in total. The van der Waals surface area contributed by atoms with Crippen LogP contribution in [0.1, 0.15) is 12.8 Å². The number of carbonyl (C=O) groups excluding carboxylic acids is 1. The predicted octanol–water partition coefficient (Wildman–Crippen LogP) is 2.30. The predicted molar refractivity (Wildman–Crippen MR) is 93.6 cm³/mol. The number of anilines is 1. The van der Waals surface area contributed by atoms with E-state index in [1.165, 1.54) is 10.7 Å². The van der Waals surface area contributed by atoms with Gasteiger partial charge in [-0.2, -0.15) is 5.10 Å². The fourth-order valence-corrected chi connectivity index (χ4v) is 2.40. The van der Waals surface area contributed by atoms with Gasteiger partial charge in [0.15, 0.2) is 5.82 Å². The zero-order chi connectivity index (χ0) is 15.6. The second kappa shape index (κ2) is 8.43. The lowest BCUT2D eigenvalue weighted by molar-refractivity contribution is -0.124. The van der Waals surface area contributed by atoms with Crippen molar-refractivity contribution in [2.24, 2.45) is 5.73 Å². The van der Waals surface area contributed by atoms with Gasteiger partial charge in [0.1, 0.15) is 11.2 Å². The van der Waals surface area contributed by atoms with E-state index in [1.54, 1.807) is 30.6 Å². The van der Waals surface area contributed by atoms with Crippen LogP contribution < -0.4 is 11.1 Å². The van der Waals surface area contributed by atoms with Gasteiger partial charge in [0.05, 0.1) is 0 Å². The molecule has 3 rings (SSSR count). The Morgan fingerprint density at radius 1 is 1.33 bits per heavy atom. The highest BCUT2D eigenvalue weighted by Gasteiger charge is 2.35. The zero-order valence-electron chi connectivity index (χ0n) is 12.8. The van der Waals surface area contributed by atoms with Crippen LogP contribution in [0.25, 0.3) is 5.69 Å². The van der Waals surface area contributed by atoms with Crippen LogP contribution in [0.15, 0.2) is 36.7 Å². The van der Waals surface area contributed by atoms with Gasteiger partial charge >= 0.3 is 0 Å². The van der Waals surface area contributed by atoms with E-state index in [0.29, 0.717) is 37.4 Å². The highest BCUT2D eigenvalue weighted by Crippen LogP contribution is 2.22. The molecule has 2 aromatic rings. The lowest BCUT2D eigenvalue weighted by atomic mass is 9.90. The Morgan fingerprint density at radius 3 is 2.62 bits per heavy atom. The van der Waals surface area contributed by atoms with Crippen molar-refractivity contribution in [2.75, 3.05) is 18.5 Å². The molecule has 1 aliphatic heterocycles. The maximum atomic E-state index is 14.1. The number of aromatic nitrogens is 2. The molecule has 24 heavy (non-hydrogen) atoms. The van der Waals surface area contributed by atoms with Crippen LogP contribution in [0, 0.1) is 5.82 Å². The summed E-state index contributed by atoms with van der Waals surface area (Å²) in [7, 11) is 0. The quantitative estimate of drug-likeness (QED) is 0.860. The molecule has 1 aliphatic rings. The lowest BCUT2D eigenvalue weighted by Gasteiger charge is -2.31. The molecule has 0 bridgehead atoms. The van der Waals surface area contributed by atoms with Crippen LogP contribution in [0.5, 0.6) is 0 Å². The maximum Gasteiger partial charge on any atom is 0.244 e. The Morgan fingerprint density at radius 2 is 2.04 bits per heavy atom. The number of nitrogens with zero attached hydrogens (tertiary/aromatic N) is 2. The smallest absolute Gasteiger partial charge is 0.244 e. The van der Waals surface area contributed by atoms with E-state index in [-0.39, 0.29) is 30.7 Å². The molecule has 0 atom stereocenters. The van der Waals surface area contributed by atoms with Crippen molar-refractivity contribution in [3.8, 4) is 5.69 Å². The van der Waals surface area contributed by atoms with Crippen molar-refractivity contribution in [3.05, 3.63) is 42.5 Å². The number of hydrogen-bond donors (Lipinski definition) is 2. The van der Waals surface area contributed by atoms with Gasteiger partial charge in [0.2, 0.25) is 5.91 Å². The summed E-state index contributed by atoms with van der Waals surface area (Å²) in [6.07, 6.45) is 4.12. The molecule has 1 saturated heterocycles. The summed E-state index contributed by atoms with van der Waals surface area (Å²) >= 11 is 0. The summed E-state index contributed by atoms with van der Waals surface area (Å²) in [5, 5.41) is 6.65. The van der Waals surface area contributed by atoms with Gasteiger partial charge < -0.3 is 15.8 Å². The van der Waals surface area contributed by atoms with Gasteiger partial charge in [-0.15, -0.1) is 24.8 Å². The van der Waals surface area contributed by atoms with E-state index < -0.39 is 11.4 Å². The molecule has 132 valence electrons. The summed E-state index contributed by atoms with van der Waals surface area (Å²) in [5.41, 5.74) is 5.82. The third-order valence-electron chi connectivity index (χ3n) is 3.79. The molecule has 0 aliphatic carbocycles. The summed E-state index contributed by atoms with van der Waals surface area (Å²) in [6.45, 7) is 0.910. The van der Waals surface area contributed by atoms with Crippen LogP contribution in [-0.2, 0) is 9.53 Å². The molecule has 1 aromatic heterocycles. The van der Waals surface area contributed by atoms with Crippen LogP contribution in [0.4, 0.5) is 10.1 Å². The number of halogens is 3. The average Bonchev–Trinajstić information content (AvgIpc) is 3.02. The van der Waals surface area contributed by atoms with E-state index in [1.807, 2.05) is 0 Å². The molecule has 0 spiro atoms. The molecule has 9 heteroatoms. The number of amides is 1. The fraction of sp³-hybridized carbons (Fsp3) is 0.333. The van der Waals surface area contributed by atoms with E-state index in [9.17, 15) is 9.18 Å². The molecule has 1 amide bonds. The molecule has 0 unspecified atom stereocenters. The molecular formula is C15H19Cl2FN4O2. The van der Waals surface area contributed by atoms with E-state index in [0.717, 1.165) is 0 Å². The van der Waals surface area contributed by atoms with E-state index >= 15 is 0 Å². The molecule has 1 aromatic carbocycles. The molecular weight excluding hydrogens is 358 g/mol. The summed E-state index contributed by atoms with van der Waals surface area (Å²) < 4.78 is 20.8. The van der Waals surface area contributed by atoms with Crippen molar-refractivity contribution < 1.29 is 13.9 Å². The van der Waals surface area contributed by atoms with Gasteiger partial charge in [-0.1, -0.05) is 0 Å². The molecule has 2 heterocycles. The van der Waals surface area contributed by atoms with Gasteiger partial charge in [0.25, 0.3) is 0 Å². The van der Waals surface area contributed by atoms with Crippen LogP contribution in [0.3, 0.4) is 0 Å². The summed E-state index contributed by atoms with van der Waals surface area (Å²) in [6, 6.07) is 6.15. The molecule has 0 saturated carbocycles. The zero-order valence-corrected chi connectivity index (χ0v) is 14.4. The topological polar surface area (TPSA) is 82.2 Å². The number of ether oxygens (including phenoxy) is 1. The normalized spacial score (nSPS) is 15.8. The van der Waals surface area contributed by atoms with Crippen molar-refractivity contribution in [1.29, 1.82) is 0 Å². The third-order valence-corrected chi connectivity index (χ3v) is 3.79. The van der Waals surface area contributed by atoms with Crippen molar-refractivity contribution in [3.63, 3.8) is 0 Å². The van der Waals surface area contributed by atoms with Crippen molar-refractivity contribution in [2.45, 2.75) is 18.4 Å². The SMILES string of the molecule is Cl.Cl.NC1(C(=O)Nc2ccc(-n3cccn3)c(F)c2)CCOCC1. The first-order valence-electron chi connectivity index (χ1n) is 7.06. The minimum Gasteiger partial charge on any atom is -0.381 e. The van der Waals surface area contributed by atoms with Gasteiger partial charge in [-0.25, -0.2) is 9.07 Å². The van der Waals surface area contributed by atoms with Crippen molar-refractivity contribution >= 4 is 36.4 Å². The molecule has 0 radical (unpaired) electrons. The Kier molecular flexibility index (Phi) is 7.16. The Bertz CT molecular complexity index is 676. The first-order chi connectivity index (χ1) is 10.6. The minimum atomic E-state index is -0.963. The maximum absolute atomic E-state index is 14.1. The second-order valence-corrected chi connectivity index (χ2v) is 5.34. The standard InChI is InChI=1S/C15H17FN4O2.2ClH/c16-12-10-11(2-3-13(12)20-7-1-6-18-20)19-14(21)15(17)4-8-22-9-5-15;;/h1-3,6-7,10H,4-5,8-9,17H2,(H,19,21);2*1H. The monoisotopic (exact) mass is 376 g/mol. The summed E-state index contributed by atoms with van der Waals surface area (Å²) in [4.78, 5) is 12.3. The Hall–Kier alpha value is -1.67. The van der Waals surface area contributed by atoms with E-state index in [2.05, 4.69) is 10.4 Å². The molecule has 1 fully saturated rings. The first-order valence-corrected chi connectivity index (χ1v) is 7.06. The average molecular weight is 377 g/mol. The Labute approximate surface area is 151 Å².